The van der Waals surface area contributed by atoms with Crippen LogP contribution < -0.4 is 5.48 Å². The Labute approximate surface area is 146 Å². The Morgan fingerprint density at radius 2 is 1.38 bits per heavy atom. The number of carbonyl (C=O) groups excluding carboxylic acids is 1. The lowest BCUT2D eigenvalue weighted by Crippen LogP contribution is -2.23. The summed E-state index contributed by atoms with van der Waals surface area (Å²) in [6.07, 6.45) is 0.441. The van der Waals surface area contributed by atoms with Crippen molar-refractivity contribution in [2.45, 2.75) is 47.0 Å². The maximum atomic E-state index is 11.4. The molecule has 0 aliphatic rings. The molecule has 0 aliphatic heterocycles. The molecule has 0 aromatic heterocycles. The number of nitrogens with one attached hydrogen (secondary N) is 1. The number of rotatable bonds is 4. The molecule has 3 heteroatoms. The summed E-state index contributed by atoms with van der Waals surface area (Å²) in [5, 5.41) is 0. The molecule has 1 unspecified atom stereocenters. The topological polar surface area (TPSA) is 38.3 Å². The molecule has 2 aromatic carbocycles. The summed E-state index contributed by atoms with van der Waals surface area (Å²) < 4.78 is 0. The van der Waals surface area contributed by atoms with Gasteiger partial charge in [-0.05, 0) is 39.2 Å². The molecule has 0 heterocycles. The van der Waals surface area contributed by atoms with Crippen LogP contribution in [0.2, 0.25) is 0 Å². The maximum absolute atomic E-state index is 11.4. The second-order valence-electron chi connectivity index (χ2n) is 6.41. The normalized spacial score (nSPS) is 11.2. The van der Waals surface area contributed by atoms with Gasteiger partial charge >= 0.3 is 0 Å². The van der Waals surface area contributed by atoms with E-state index in [1.807, 2.05) is 6.92 Å². The van der Waals surface area contributed by atoms with Gasteiger partial charge in [-0.25, -0.2) is 5.48 Å². The highest BCUT2D eigenvalue weighted by atomic mass is 16.6. The van der Waals surface area contributed by atoms with Gasteiger partial charge in [-0.2, -0.15) is 0 Å². The van der Waals surface area contributed by atoms with Crippen LogP contribution in [0, 0.1) is 27.7 Å². The molecule has 3 nitrogen and oxygen atoms in total. The standard InChI is InChI=1S/C13H19NO2.C8H10/c1-9-5-10(2)7-12(6-9)11(3)8-13(15)14-16-4;1-7-3-5-8(2)6-4-7/h5-7,11H,8H2,1-4H3,(H,14,15);3-6H,1-2H3. The van der Waals surface area contributed by atoms with Gasteiger partial charge in [0.15, 0.2) is 0 Å². The lowest BCUT2D eigenvalue weighted by molar-refractivity contribution is -0.131. The van der Waals surface area contributed by atoms with E-state index in [4.69, 9.17) is 0 Å². The third-order valence-corrected chi connectivity index (χ3v) is 3.74. The van der Waals surface area contributed by atoms with Crippen molar-refractivity contribution in [1.29, 1.82) is 0 Å². The smallest absolute Gasteiger partial charge is 0.244 e. The van der Waals surface area contributed by atoms with Crippen molar-refractivity contribution in [1.82, 2.24) is 5.48 Å². The molecule has 0 saturated carbocycles. The van der Waals surface area contributed by atoms with Crippen LogP contribution >= 0.6 is 0 Å². The molecule has 0 fully saturated rings. The van der Waals surface area contributed by atoms with Gasteiger partial charge in [0, 0.05) is 6.42 Å². The van der Waals surface area contributed by atoms with E-state index in [0.29, 0.717) is 6.42 Å². The number of hydrogen-bond acceptors (Lipinski definition) is 2. The molecule has 2 aromatic rings. The van der Waals surface area contributed by atoms with Crippen LogP contribution in [-0.2, 0) is 9.63 Å². The van der Waals surface area contributed by atoms with E-state index < -0.39 is 0 Å². The van der Waals surface area contributed by atoms with E-state index in [1.165, 1.54) is 34.9 Å². The van der Waals surface area contributed by atoms with Gasteiger partial charge in [-0.3, -0.25) is 9.63 Å². The van der Waals surface area contributed by atoms with Gasteiger partial charge in [-0.1, -0.05) is 71.6 Å². The fourth-order valence-electron chi connectivity index (χ4n) is 2.48. The maximum Gasteiger partial charge on any atom is 0.244 e. The Hall–Kier alpha value is -2.13. The minimum Gasteiger partial charge on any atom is -0.277 e. The molecule has 0 spiro atoms. The third-order valence-electron chi connectivity index (χ3n) is 3.74. The van der Waals surface area contributed by atoms with Gasteiger partial charge in [0.2, 0.25) is 5.91 Å². The van der Waals surface area contributed by atoms with Crippen molar-refractivity contribution in [3.8, 4) is 0 Å². The monoisotopic (exact) mass is 327 g/mol. The van der Waals surface area contributed by atoms with E-state index >= 15 is 0 Å². The zero-order chi connectivity index (χ0) is 18.1. The van der Waals surface area contributed by atoms with Crippen LogP contribution in [0.15, 0.2) is 42.5 Å². The van der Waals surface area contributed by atoms with Crippen molar-refractivity contribution in [3.05, 3.63) is 70.3 Å². The fourth-order valence-corrected chi connectivity index (χ4v) is 2.48. The summed E-state index contributed by atoms with van der Waals surface area (Å²) in [6, 6.07) is 14.9. The first-order valence-corrected chi connectivity index (χ1v) is 8.25. The predicted molar refractivity (Wildman–Crippen MR) is 100 cm³/mol. The number of amides is 1. The van der Waals surface area contributed by atoms with Crippen LogP contribution in [-0.4, -0.2) is 13.0 Å². The molecular formula is C21H29NO2. The van der Waals surface area contributed by atoms with Crippen molar-refractivity contribution in [3.63, 3.8) is 0 Å². The summed E-state index contributed by atoms with van der Waals surface area (Å²) >= 11 is 0. The lowest BCUT2D eigenvalue weighted by Gasteiger charge is -2.13. The number of hydroxylamine groups is 1. The predicted octanol–water partition coefficient (Wildman–Crippen LogP) is 4.78. The minimum absolute atomic E-state index is 0.0887. The second-order valence-corrected chi connectivity index (χ2v) is 6.41. The first-order chi connectivity index (χ1) is 11.3. The minimum atomic E-state index is -0.0887. The summed E-state index contributed by atoms with van der Waals surface area (Å²) in [5.74, 6) is 0.114. The Kier molecular flexibility index (Phi) is 8.20. The third kappa shape index (κ3) is 7.42. The summed E-state index contributed by atoms with van der Waals surface area (Å²) in [7, 11) is 1.44. The number of hydrogen-bond donors (Lipinski definition) is 1. The van der Waals surface area contributed by atoms with Crippen molar-refractivity contribution < 1.29 is 9.63 Å². The average Bonchev–Trinajstić information content (AvgIpc) is 2.50. The highest BCUT2D eigenvalue weighted by Gasteiger charge is 2.11. The van der Waals surface area contributed by atoms with Crippen LogP contribution in [0.4, 0.5) is 0 Å². The molecule has 2 rings (SSSR count). The van der Waals surface area contributed by atoms with E-state index in [9.17, 15) is 4.79 Å². The van der Waals surface area contributed by atoms with E-state index in [1.54, 1.807) is 0 Å². The molecule has 1 N–H and O–H groups in total. The summed E-state index contributed by atoms with van der Waals surface area (Å²) in [6.45, 7) is 10.4. The fraction of sp³-hybridized carbons (Fsp3) is 0.381. The molecule has 24 heavy (non-hydrogen) atoms. The van der Waals surface area contributed by atoms with Gasteiger partial charge in [0.25, 0.3) is 0 Å². The molecule has 0 aliphatic carbocycles. The van der Waals surface area contributed by atoms with Gasteiger partial charge < -0.3 is 0 Å². The molecular weight excluding hydrogens is 298 g/mol. The molecule has 0 saturated heterocycles. The highest BCUT2D eigenvalue weighted by Crippen LogP contribution is 2.21. The van der Waals surface area contributed by atoms with E-state index in [0.717, 1.165) is 0 Å². The van der Waals surface area contributed by atoms with Crippen LogP contribution in [0.3, 0.4) is 0 Å². The SMILES string of the molecule is CONC(=O)CC(C)c1cc(C)cc(C)c1.Cc1ccc(C)cc1. The Morgan fingerprint density at radius 3 is 1.79 bits per heavy atom. The van der Waals surface area contributed by atoms with Gasteiger partial charge in [0.1, 0.15) is 0 Å². The van der Waals surface area contributed by atoms with Crippen molar-refractivity contribution in [2.24, 2.45) is 0 Å². The molecule has 1 amide bonds. The Balaban J connectivity index is 0.000000300. The quantitative estimate of drug-likeness (QED) is 0.821. The number of benzene rings is 2. The number of carbonyl (C=O) groups is 1. The zero-order valence-corrected chi connectivity index (χ0v) is 15.6. The largest absolute Gasteiger partial charge is 0.277 e. The average molecular weight is 327 g/mol. The Bertz CT molecular complexity index is 606. The highest BCUT2D eigenvalue weighted by molar-refractivity contribution is 5.75. The van der Waals surface area contributed by atoms with Crippen LogP contribution in [0.5, 0.6) is 0 Å². The van der Waals surface area contributed by atoms with E-state index in [2.05, 4.69) is 80.5 Å². The van der Waals surface area contributed by atoms with Crippen molar-refractivity contribution >= 4 is 5.91 Å². The molecule has 1 atom stereocenters. The lowest BCUT2D eigenvalue weighted by atomic mass is 9.94. The molecule has 0 bridgehead atoms. The Morgan fingerprint density at radius 1 is 0.917 bits per heavy atom. The van der Waals surface area contributed by atoms with Gasteiger partial charge in [-0.15, -0.1) is 0 Å². The molecule has 0 radical (unpaired) electrons. The number of aryl methyl sites for hydroxylation is 4. The van der Waals surface area contributed by atoms with Crippen molar-refractivity contribution in [2.75, 3.05) is 7.11 Å². The summed E-state index contributed by atoms with van der Waals surface area (Å²) in [5.41, 5.74) is 8.65. The van der Waals surface area contributed by atoms with Gasteiger partial charge in [0.05, 0.1) is 7.11 Å². The molecule has 130 valence electrons. The summed E-state index contributed by atoms with van der Waals surface area (Å²) in [4.78, 5) is 15.9. The van der Waals surface area contributed by atoms with Crippen LogP contribution in [0.1, 0.15) is 47.1 Å². The first kappa shape index (κ1) is 19.9. The second kappa shape index (κ2) is 9.89. The zero-order valence-electron chi connectivity index (χ0n) is 15.6. The van der Waals surface area contributed by atoms with E-state index in [-0.39, 0.29) is 11.8 Å². The first-order valence-electron chi connectivity index (χ1n) is 8.25. The van der Waals surface area contributed by atoms with Crippen LogP contribution in [0.25, 0.3) is 0 Å².